The van der Waals surface area contributed by atoms with Gasteiger partial charge in [-0.1, -0.05) is 6.92 Å². The van der Waals surface area contributed by atoms with Gasteiger partial charge in [-0.2, -0.15) is 5.26 Å². The normalized spacial score (nSPS) is 17.3. The molecular formula is C15H18FN3O2. The van der Waals surface area contributed by atoms with Crippen molar-refractivity contribution in [3.05, 3.63) is 29.6 Å². The van der Waals surface area contributed by atoms with E-state index >= 15 is 0 Å². The predicted molar refractivity (Wildman–Crippen MR) is 75.2 cm³/mol. The molecular weight excluding hydrogens is 273 g/mol. The van der Waals surface area contributed by atoms with E-state index in [0.29, 0.717) is 26.2 Å². The van der Waals surface area contributed by atoms with Gasteiger partial charge in [-0.15, -0.1) is 0 Å². The fourth-order valence-electron chi connectivity index (χ4n) is 2.52. The number of rotatable bonds is 3. The largest absolute Gasteiger partial charge is 0.507 e. The molecule has 1 atom stereocenters. The lowest BCUT2D eigenvalue weighted by molar-refractivity contribution is 0.0601. The van der Waals surface area contributed by atoms with Crippen molar-refractivity contribution in [2.45, 2.75) is 19.4 Å². The van der Waals surface area contributed by atoms with E-state index < -0.39 is 5.82 Å². The topological polar surface area (TPSA) is 67.6 Å². The fraction of sp³-hybridized carbons (Fsp3) is 0.467. The Labute approximate surface area is 123 Å². The number of piperazine rings is 1. The summed E-state index contributed by atoms with van der Waals surface area (Å²) >= 11 is 0. The average molecular weight is 291 g/mol. The highest BCUT2D eigenvalue weighted by atomic mass is 19.1. The van der Waals surface area contributed by atoms with Crippen molar-refractivity contribution in [2.75, 3.05) is 26.2 Å². The third-order valence-electron chi connectivity index (χ3n) is 3.77. The summed E-state index contributed by atoms with van der Waals surface area (Å²) in [6.07, 6.45) is 0.745. The van der Waals surface area contributed by atoms with Crippen LogP contribution in [0.3, 0.4) is 0 Å². The molecule has 1 heterocycles. The van der Waals surface area contributed by atoms with Crippen LogP contribution >= 0.6 is 0 Å². The van der Waals surface area contributed by atoms with E-state index in [1.165, 1.54) is 6.07 Å². The molecule has 5 nitrogen and oxygen atoms in total. The van der Waals surface area contributed by atoms with Gasteiger partial charge in [-0.05, 0) is 24.6 Å². The summed E-state index contributed by atoms with van der Waals surface area (Å²) in [5.41, 5.74) is -0.0178. The molecule has 1 saturated heterocycles. The number of phenolic OH excluding ortho intramolecular Hbond substituents is 1. The summed E-state index contributed by atoms with van der Waals surface area (Å²) in [4.78, 5) is 15.9. The van der Waals surface area contributed by atoms with Crippen molar-refractivity contribution < 1.29 is 14.3 Å². The average Bonchev–Trinajstić information content (AvgIpc) is 2.51. The SMILES string of the molecule is CCC(C#N)N1CCN(C(=O)c2cc(F)ccc2O)CC1. The van der Waals surface area contributed by atoms with Gasteiger partial charge in [0.2, 0.25) is 0 Å². The molecule has 1 unspecified atom stereocenters. The molecule has 6 heteroatoms. The number of amides is 1. The minimum Gasteiger partial charge on any atom is -0.507 e. The number of hydrogen-bond acceptors (Lipinski definition) is 4. The van der Waals surface area contributed by atoms with Crippen LogP contribution in [-0.4, -0.2) is 53.0 Å². The highest BCUT2D eigenvalue weighted by Crippen LogP contribution is 2.21. The molecule has 1 aromatic carbocycles. The molecule has 1 aliphatic heterocycles. The quantitative estimate of drug-likeness (QED) is 0.918. The van der Waals surface area contributed by atoms with Gasteiger partial charge in [0.25, 0.3) is 5.91 Å². The standard InChI is InChI=1S/C15H18FN3O2/c1-2-12(10-17)18-5-7-19(8-6-18)15(21)13-9-11(16)3-4-14(13)20/h3-4,9,12,20H,2,5-8H2,1H3. The fourth-order valence-corrected chi connectivity index (χ4v) is 2.52. The molecule has 2 rings (SSSR count). The van der Waals surface area contributed by atoms with Crippen LogP contribution in [0.25, 0.3) is 0 Å². The summed E-state index contributed by atoms with van der Waals surface area (Å²) in [6.45, 7) is 4.10. The van der Waals surface area contributed by atoms with Crippen LogP contribution in [0.1, 0.15) is 23.7 Å². The molecule has 1 aromatic rings. The molecule has 1 amide bonds. The van der Waals surface area contributed by atoms with Gasteiger partial charge in [0.15, 0.2) is 0 Å². The third kappa shape index (κ3) is 3.31. The molecule has 1 aliphatic rings. The van der Waals surface area contributed by atoms with Gasteiger partial charge < -0.3 is 10.0 Å². The van der Waals surface area contributed by atoms with Crippen LogP contribution in [0.5, 0.6) is 5.75 Å². The Balaban J connectivity index is 2.04. The van der Waals surface area contributed by atoms with Crippen LogP contribution in [0, 0.1) is 17.1 Å². The molecule has 0 spiro atoms. The Bertz CT molecular complexity index is 563. The number of hydrogen-bond donors (Lipinski definition) is 1. The van der Waals surface area contributed by atoms with Gasteiger partial charge in [-0.25, -0.2) is 4.39 Å². The number of carbonyl (C=O) groups is 1. The van der Waals surface area contributed by atoms with Crippen LogP contribution < -0.4 is 0 Å². The van der Waals surface area contributed by atoms with E-state index in [2.05, 4.69) is 6.07 Å². The first-order chi connectivity index (χ1) is 10.1. The van der Waals surface area contributed by atoms with E-state index in [4.69, 9.17) is 5.26 Å². The summed E-state index contributed by atoms with van der Waals surface area (Å²) in [6, 6.07) is 5.46. The maximum absolute atomic E-state index is 13.2. The predicted octanol–water partition coefficient (Wildman–Crippen LogP) is 1.59. The minimum absolute atomic E-state index is 0.0178. The van der Waals surface area contributed by atoms with Gasteiger partial charge >= 0.3 is 0 Å². The molecule has 0 saturated carbocycles. The molecule has 112 valence electrons. The van der Waals surface area contributed by atoms with Crippen LogP contribution in [0.2, 0.25) is 0 Å². The maximum atomic E-state index is 13.2. The number of nitriles is 1. The smallest absolute Gasteiger partial charge is 0.257 e. The number of aromatic hydroxyl groups is 1. The van der Waals surface area contributed by atoms with Crippen molar-refractivity contribution in [3.8, 4) is 11.8 Å². The second kappa shape index (κ2) is 6.55. The summed E-state index contributed by atoms with van der Waals surface area (Å²) in [5.74, 6) is -1.14. The number of halogens is 1. The highest BCUT2D eigenvalue weighted by molar-refractivity contribution is 5.96. The van der Waals surface area contributed by atoms with E-state index in [1.54, 1.807) is 4.90 Å². The van der Waals surface area contributed by atoms with Crippen molar-refractivity contribution in [1.82, 2.24) is 9.80 Å². The monoisotopic (exact) mass is 291 g/mol. The molecule has 0 radical (unpaired) electrons. The van der Waals surface area contributed by atoms with Crippen LogP contribution in [-0.2, 0) is 0 Å². The zero-order valence-corrected chi connectivity index (χ0v) is 11.9. The van der Waals surface area contributed by atoms with Crippen molar-refractivity contribution >= 4 is 5.91 Å². The van der Waals surface area contributed by atoms with Gasteiger partial charge in [-0.3, -0.25) is 9.69 Å². The molecule has 0 bridgehead atoms. The minimum atomic E-state index is -0.551. The first-order valence-electron chi connectivity index (χ1n) is 6.98. The molecule has 1 fully saturated rings. The molecule has 21 heavy (non-hydrogen) atoms. The lowest BCUT2D eigenvalue weighted by Crippen LogP contribution is -2.51. The first-order valence-corrected chi connectivity index (χ1v) is 6.98. The number of carbonyl (C=O) groups excluding carboxylic acids is 1. The van der Waals surface area contributed by atoms with Crippen molar-refractivity contribution in [1.29, 1.82) is 5.26 Å². The maximum Gasteiger partial charge on any atom is 0.257 e. The summed E-state index contributed by atoms with van der Waals surface area (Å²) in [5, 5.41) is 18.7. The zero-order valence-electron chi connectivity index (χ0n) is 11.9. The van der Waals surface area contributed by atoms with Crippen molar-refractivity contribution in [2.24, 2.45) is 0 Å². The second-order valence-electron chi connectivity index (χ2n) is 5.04. The Hall–Kier alpha value is -2.13. The Morgan fingerprint density at radius 2 is 2.10 bits per heavy atom. The van der Waals surface area contributed by atoms with Crippen LogP contribution in [0.4, 0.5) is 4.39 Å². The van der Waals surface area contributed by atoms with E-state index in [9.17, 15) is 14.3 Å². The number of benzene rings is 1. The van der Waals surface area contributed by atoms with E-state index in [-0.39, 0.29) is 23.3 Å². The number of nitrogens with zero attached hydrogens (tertiary/aromatic N) is 3. The Morgan fingerprint density at radius 1 is 1.43 bits per heavy atom. The molecule has 1 N–H and O–H groups in total. The lowest BCUT2D eigenvalue weighted by atomic mass is 10.1. The highest BCUT2D eigenvalue weighted by Gasteiger charge is 2.27. The Morgan fingerprint density at radius 3 is 2.67 bits per heavy atom. The van der Waals surface area contributed by atoms with Gasteiger partial charge in [0.1, 0.15) is 11.6 Å². The molecule has 0 aromatic heterocycles. The van der Waals surface area contributed by atoms with E-state index in [1.807, 2.05) is 11.8 Å². The van der Waals surface area contributed by atoms with Crippen LogP contribution in [0.15, 0.2) is 18.2 Å². The summed E-state index contributed by atoms with van der Waals surface area (Å²) in [7, 11) is 0. The summed E-state index contributed by atoms with van der Waals surface area (Å²) < 4.78 is 13.2. The Kier molecular flexibility index (Phi) is 4.76. The van der Waals surface area contributed by atoms with Crippen molar-refractivity contribution in [3.63, 3.8) is 0 Å². The zero-order chi connectivity index (χ0) is 15.4. The van der Waals surface area contributed by atoms with Gasteiger partial charge in [0, 0.05) is 26.2 Å². The van der Waals surface area contributed by atoms with E-state index in [0.717, 1.165) is 18.6 Å². The van der Waals surface area contributed by atoms with Gasteiger partial charge in [0.05, 0.1) is 17.7 Å². The third-order valence-corrected chi connectivity index (χ3v) is 3.77. The first kappa shape index (κ1) is 15.3. The lowest BCUT2D eigenvalue weighted by Gasteiger charge is -2.36. The second-order valence-corrected chi connectivity index (χ2v) is 5.04. The molecule has 0 aliphatic carbocycles. The number of phenols is 1.